The Labute approximate surface area is 93.2 Å². The van der Waals surface area contributed by atoms with Crippen molar-refractivity contribution in [1.29, 1.82) is 0 Å². The molecule has 0 unspecified atom stereocenters. The third-order valence-corrected chi connectivity index (χ3v) is 2.40. The van der Waals surface area contributed by atoms with Crippen molar-refractivity contribution in [2.45, 2.75) is 6.92 Å². The Balaban J connectivity index is 2.29. The van der Waals surface area contributed by atoms with Crippen LogP contribution >= 0.6 is 0 Å². The van der Waals surface area contributed by atoms with Gasteiger partial charge < -0.3 is 10.6 Å². The fraction of sp³-hybridized carbons (Fsp3) is 0.273. The predicted molar refractivity (Wildman–Crippen MR) is 61.0 cm³/mol. The van der Waals surface area contributed by atoms with Crippen molar-refractivity contribution >= 4 is 23.2 Å². The molecule has 16 heavy (non-hydrogen) atoms. The minimum Gasteiger partial charge on any atom is -0.399 e. The van der Waals surface area contributed by atoms with Gasteiger partial charge in [-0.15, -0.1) is 0 Å². The highest BCUT2D eigenvalue weighted by atomic mass is 16.2. The maximum absolute atomic E-state index is 11.2. The van der Waals surface area contributed by atoms with Crippen molar-refractivity contribution in [3.05, 3.63) is 23.8 Å². The van der Waals surface area contributed by atoms with E-state index in [9.17, 15) is 9.59 Å². The predicted octanol–water partition coefficient (Wildman–Crippen LogP) is 0.0400. The van der Waals surface area contributed by atoms with E-state index in [1.165, 1.54) is 0 Å². The molecule has 0 radical (unpaired) electrons. The Bertz CT molecular complexity index is 420. The zero-order chi connectivity index (χ0) is 11.7. The molecule has 5 nitrogen and oxygen atoms in total. The number of nitrogen functional groups attached to an aromatic ring is 1. The van der Waals surface area contributed by atoms with Crippen LogP contribution in [0.15, 0.2) is 18.2 Å². The summed E-state index contributed by atoms with van der Waals surface area (Å²) < 4.78 is 0. The fourth-order valence-corrected chi connectivity index (χ4v) is 1.79. The molecule has 0 bridgehead atoms. The van der Waals surface area contributed by atoms with Crippen LogP contribution in [-0.2, 0) is 9.59 Å². The summed E-state index contributed by atoms with van der Waals surface area (Å²) in [6.45, 7) is 2.30. The SMILES string of the molecule is Cc1cc(N)cc(N2CC(=O)NC(=O)C2)c1. The Kier molecular flexibility index (Phi) is 2.52. The lowest BCUT2D eigenvalue weighted by atomic mass is 10.1. The molecule has 1 heterocycles. The first kappa shape index (κ1) is 10.5. The molecule has 3 N–H and O–H groups in total. The molecule has 5 heteroatoms. The number of anilines is 2. The van der Waals surface area contributed by atoms with Crippen LogP contribution in [0.4, 0.5) is 11.4 Å². The van der Waals surface area contributed by atoms with Crippen LogP contribution in [0.3, 0.4) is 0 Å². The van der Waals surface area contributed by atoms with E-state index in [1.54, 1.807) is 11.0 Å². The third kappa shape index (κ3) is 2.13. The van der Waals surface area contributed by atoms with Crippen LogP contribution in [0.1, 0.15) is 5.56 Å². The van der Waals surface area contributed by atoms with Crippen molar-refractivity contribution in [2.24, 2.45) is 0 Å². The Morgan fingerprint density at radius 3 is 2.38 bits per heavy atom. The number of rotatable bonds is 1. The minimum atomic E-state index is -0.281. The Morgan fingerprint density at radius 1 is 1.19 bits per heavy atom. The topological polar surface area (TPSA) is 75.4 Å². The van der Waals surface area contributed by atoms with Gasteiger partial charge in [-0.1, -0.05) is 0 Å². The molecule has 0 aromatic heterocycles. The molecule has 1 aromatic rings. The summed E-state index contributed by atoms with van der Waals surface area (Å²) in [6.07, 6.45) is 0. The first-order valence-electron chi connectivity index (χ1n) is 4.99. The molecule has 1 aliphatic heterocycles. The molecular weight excluding hydrogens is 206 g/mol. The smallest absolute Gasteiger partial charge is 0.246 e. The molecule has 1 aliphatic rings. The van der Waals surface area contributed by atoms with Gasteiger partial charge in [-0.3, -0.25) is 14.9 Å². The molecule has 0 spiro atoms. The van der Waals surface area contributed by atoms with Crippen molar-refractivity contribution in [3.63, 3.8) is 0 Å². The number of amides is 2. The quantitative estimate of drug-likeness (QED) is 0.516. The van der Waals surface area contributed by atoms with Gasteiger partial charge in [0.1, 0.15) is 0 Å². The molecule has 2 amide bonds. The van der Waals surface area contributed by atoms with Gasteiger partial charge in [0.2, 0.25) is 11.8 Å². The fourth-order valence-electron chi connectivity index (χ4n) is 1.79. The number of benzene rings is 1. The summed E-state index contributed by atoms with van der Waals surface area (Å²) in [5.74, 6) is -0.562. The number of imide groups is 1. The molecule has 0 atom stereocenters. The van der Waals surface area contributed by atoms with Crippen LogP contribution in [0.2, 0.25) is 0 Å². The van der Waals surface area contributed by atoms with E-state index >= 15 is 0 Å². The Morgan fingerprint density at radius 2 is 1.81 bits per heavy atom. The van der Waals surface area contributed by atoms with E-state index in [4.69, 9.17) is 5.73 Å². The standard InChI is InChI=1S/C11H13N3O2/c1-7-2-8(12)4-9(3-7)14-5-10(15)13-11(16)6-14/h2-4H,5-6,12H2,1H3,(H,13,15,16). The number of hydrogen-bond donors (Lipinski definition) is 2. The van der Waals surface area contributed by atoms with Crippen LogP contribution < -0.4 is 16.0 Å². The van der Waals surface area contributed by atoms with Gasteiger partial charge >= 0.3 is 0 Å². The van der Waals surface area contributed by atoms with E-state index in [2.05, 4.69) is 5.32 Å². The lowest BCUT2D eigenvalue weighted by Crippen LogP contribution is -2.51. The molecule has 1 saturated heterocycles. The molecule has 1 fully saturated rings. The van der Waals surface area contributed by atoms with Gasteiger partial charge in [0.05, 0.1) is 13.1 Å². The zero-order valence-electron chi connectivity index (χ0n) is 8.99. The van der Waals surface area contributed by atoms with Crippen molar-refractivity contribution in [3.8, 4) is 0 Å². The number of piperazine rings is 1. The maximum Gasteiger partial charge on any atom is 0.246 e. The van der Waals surface area contributed by atoms with E-state index < -0.39 is 0 Å². The van der Waals surface area contributed by atoms with Crippen LogP contribution in [0.5, 0.6) is 0 Å². The lowest BCUT2D eigenvalue weighted by molar-refractivity contribution is -0.130. The summed E-state index contributed by atoms with van der Waals surface area (Å²) >= 11 is 0. The lowest BCUT2D eigenvalue weighted by Gasteiger charge is -2.27. The second-order valence-corrected chi connectivity index (χ2v) is 3.93. The monoisotopic (exact) mass is 219 g/mol. The molecule has 0 aliphatic carbocycles. The largest absolute Gasteiger partial charge is 0.399 e. The highest BCUT2D eigenvalue weighted by molar-refractivity contribution is 6.02. The first-order chi connectivity index (χ1) is 7.54. The Hall–Kier alpha value is -2.04. The molecule has 2 rings (SSSR count). The number of carbonyl (C=O) groups is 2. The number of hydrogen-bond acceptors (Lipinski definition) is 4. The normalized spacial score (nSPS) is 16.2. The zero-order valence-corrected chi connectivity index (χ0v) is 8.99. The summed E-state index contributed by atoms with van der Waals surface area (Å²) in [5.41, 5.74) is 8.17. The maximum atomic E-state index is 11.2. The van der Waals surface area contributed by atoms with Gasteiger partial charge in [-0.25, -0.2) is 0 Å². The molecule has 84 valence electrons. The van der Waals surface area contributed by atoms with Crippen molar-refractivity contribution in [1.82, 2.24) is 5.32 Å². The van der Waals surface area contributed by atoms with E-state index in [1.807, 2.05) is 19.1 Å². The summed E-state index contributed by atoms with van der Waals surface area (Å²) in [4.78, 5) is 24.2. The van der Waals surface area contributed by atoms with E-state index in [-0.39, 0.29) is 24.9 Å². The average molecular weight is 219 g/mol. The highest BCUT2D eigenvalue weighted by Crippen LogP contribution is 2.20. The molecule has 1 aromatic carbocycles. The second kappa shape index (κ2) is 3.84. The van der Waals surface area contributed by atoms with Crippen molar-refractivity contribution in [2.75, 3.05) is 23.7 Å². The van der Waals surface area contributed by atoms with Crippen LogP contribution in [-0.4, -0.2) is 24.9 Å². The average Bonchev–Trinajstić information content (AvgIpc) is 2.14. The van der Waals surface area contributed by atoms with Gasteiger partial charge in [0.25, 0.3) is 0 Å². The van der Waals surface area contributed by atoms with E-state index in [0.717, 1.165) is 11.3 Å². The van der Waals surface area contributed by atoms with Crippen molar-refractivity contribution < 1.29 is 9.59 Å². The summed E-state index contributed by atoms with van der Waals surface area (Å²) in [6, 6.07) is 5.51. The number of nitrogens with two attached hydrogens (primary N) is 1. The first-order valence-corrected chi connectivity index (χ1v) is 4.99. The third-order valence-electron chi connectivity index (χ3n) is 2.40. The number of carbonyl (C=O) groups excluding carboxylic acids is 2. The number of nitrogens with one attached hydrogen (secondary N) is 1. The molecule has 0 saturated carbocycles. The summed E-state index contributed by atoms with van der Waals surface area (Å²) in [7, 11) is 0. The minimum absolute atomic E-state index is 0.189. The van der Waals surface area contributed by atoms with Crippen LogP contribution in [0, 0.1) is 6.92 Å². The van der Waals surface area contributed by atoms with E-state index in [0.29, 0.717) is 5.69 Å². The van der Waals surface area contributed by atoms with Gasteiger partial charge in [0.15, 0.2) is 0 Å². The molecular formula is C11H13N3O2. The second-order valence-electron chi connectivity index (χ2n) is 3.93. The highest BCUT2D eigenvalue weighted by Gasteiger charge is 2.22. The van der Waals surface area contributed by atoms with Gasteiger partial charge in [-0.05, 0) is 30.7 Å². The summed E-state index contributed by atoms with van der Waals surface area (Å²) in [5, 5.41) is 2.26. The number of nitrogens with zero attached hydrogens (tertiary/aromatic N) is 1. The number of aryl methyl sites for hydroxylation is 1. The van der Waals surface area contributed by atoms with Gasteiger partial charge in [-0.2, -0.15) is 0 Å². The van der Waals surface area contributed by atoms with Gasteiger partial charge in [0, 0.05) is 11.4 Å². The van der Waals surface area contributed by atoms with Crippen LogP contribution in [0.25, 0.3) is 0 Å².